The molecule has 7 heteroatoms. The summed E-state index contributed by atoms with van der Waals surface area (Å²) in [5.74, 6) is -0.271. The summed E-state index contributed by atoms with van der Waals surface area (Å²) in [6.07, 6.45) is 5.98. The Kier molecular flexibility index (Phi) is 7.26. The van der Waals surface area contributed by atoms with Gasteiger partial charge in [0.05, 0.1) is 12.7 Å². The van der Waals surface area contributed by atoms with Gasteiger partial charge in [-0.25, -0.2) is 0 Å². The molecule has 0 bridgehead atoms. The Bertz CT molecular complexity index is 666. The third-order valence-electron chi connectivity index (χ3n) is 6.41. The molecule has 0 amide bonds. The number of likely N-dealkylation sites (tertiary alicyclic amines) is 1. The number of carbonyl (C=O) groups is 1. The maximum absolute atomic E-state index is 11.2. The molecule has 0 aliphatic carbocycles. The molecule has 3 rings (SSSR count). The van der Waals surface area contributed by atoms with Crippen molar-refractivity contribution in [2.45, 2.75) is 45.3 Å². The van der Waals surface area contributed by atoms with Crippen LogP contribution in [0.15, 0.2) is 18.9 Å². The molecule has 0 saturated carbocycles. The van der Waals surface area contributed by atoms with Crippen molar-refractivity contribution >= 4 is 5.97 Å². The molecule has 28 heavy (non-hydrogen) atoms. The van der Waals surface area contributed by atoms with E-state index in [4.69, 9.17) is 0 Å². The number of nitrogens with zero attached hydrogens (tertiary/aromatic N) is 5. The van der Waals surface area contributed by atoms with Gasteiger partial charge in [-0.2, -0.15) is 5.10 Å². The van der Waals surface area contributed by atoms with Crippen LogP contribution < -0.4 is 0 Å². The van der Waals surface area contributed by atoms with Crippen LogP contribution in [0, 0.1) is 12.8 Å². The number of carboxylic acid groups (broad SMARTS) is 1. The maximum Gasteiger partial charge on any atom is 0.303 e. The average molecular weight is 390 g/mol. The van der Waals surface area contributed by atoms with Crippen molar-refractivity contribution in [3.05, 3.63) is 30.1 Å². The number of carboxylic acids is 1. The zero-order valence-electron chi connectivity index (χ0n) is 17.4. The van der Waals surface area contributed by atoms with Gasteiger partial charge in [-0.3, -0.25) is 19.3 Å². The molecule has 1 N–H and O–H groups in total. The lowest BCUT2D eigenvalue weighted by atomic mass is 9.86. The quantitative estimate of drug-likeness (QED) is 0.683. The lowest BCUT2D eigenvalue weighted by Crippen LogP contribution is -2.56. The summed E-state index contributed by atoms with van der Waals surface area (Å²) in [4.78, 5) is 18.7. The lowest BCUT2D eigenvalue weighted by molar-refractivity contribution is -0.137. The molecule has 2 aliphatic rings. The second kappa shape index (κ2) is 9.67. The minimum Gasteiger partial charge on any atom is -0.481 e. The normalized spacial score (nSPS) is 25.1. The third kappa shape index (κ3) is 5.21. The molecule has 2 fully saturated rings. The molecule has 7 nitrogen and oxygen atoms in total. The van der Waals surface area contributed by atoms with Crippen molar-refractivity contribution in [3.8, 4) is 0 Å². The standard InChI is InChI=1S/C21H35N5O2/c1-4-8-26-17(2)19(14-22-26)16-24-9-7-20(18(15-24)5-6-21(27)28)25-12-10-23(3)11-13-25/h4,14,18,20H,1,5-13,15-16H2,2-3H3,(H,27,28)/t18-,20+/m1/s1. The minimum absolute atomic E-state index is 0.263. The Labute approximate surface area is 168 Å². The van der Waals surface area contributed by atoms with E-state index in [9.17, 15) is 9.90 Å². The number of allylic oxidation sites excluding steroid dienone is 1. The van der Waals surface area contributed by atoms with E-state index in [0.717, 1.165) is 65.2 Å². The van der Waals surface area contributed by atoms with Crippen molar-refractivity contribution in [3.63, 3.8) is 0 Å². The molecular weight excluding hydrogens is 354 g/mol. The van der Waals surface area contributed by atoms with E-state index in [1.165, 1.54) is 11.3 Å². The first-order valence-electron chi connectivity index (χ1n) is 10.5. The van der Waals surface area contributed by atoms with Crippen LogP contribution >= 0.6 is 0 Å². The van der Waals surface area contributed by atoms with Gasteiger partial charge in [-0.1, -0.05) is 6.08 Å². The first-order chi connectivity index (χ1) is 13.5. The predicted octanol–water partition coefficient (Wildman–Crippen LogP) is 1.68. The molecule has 1 aromatic heterocycles. The average Bonchev–Trinajstić information content (AvgIpc) is 3.01. The summed E-state index contributed by atoms with van der Waals surface area (Å²) in [6, 6.07) is 0.508. The first kappa shape index (κ1) is 21.0. The highest BCUT2D eigenvalue weighted by Crippen LogP contribution is 2.28. The van der Waals surface area contributed by atoms with Crippen LogP contribution in [0.1, 0.15) is 30.5 Å². The summed E-state index contributed by atoms with van der Waals surface area (Å²) < 4.78 is 1.99. The van der Waals surface area contributed by atoms with Gasteiger partial charge < -0.3 is 10.0 Å². The summed E-state index contributed by atoms with van der Waals surface area (Å²) in [5.41, 5.74) is 2.46. The summed E-state index contributed by atoms with van der Waals surface area (Å²) in [6.45, 7) is 14.0. The van der Waals surface area contributed by atoms with Gasteiger partial charge >= 0.3 is 5.97 Å². The van der Waals surface area contributed by atoms with E-state index >= 15 is 0 Å². The van der Waals surface area contributed by atoms with Gasteiger partial charge in [0, 0.05) is 63.0 Å². The Balaban J connectivity index is 1.64. The topological polar surface area (TPSA) is 64.8 Å². The fourth-order valence-corrected chi connectivity index (χ4v) is 4.65. The van der Waals surface area contributed by atoms with Crippen LogP contribution in [-0.2, 0) is 17.9 Å². The van der Waals surface area contributed by atoms with Crippen LogP contribution in [0.3, 0.4) is 0 Å². The molecule has 2 atom stereocenters. The van der Waals surface area contributed by atoms with E-state index in [-0.39, 0.29) is 6.42 Å². The summed E-state index contributed by atoms with van der Waals surface area (Å²) in [5, 5.41) is 13.7. The predicted molar refractivity (Wildman–Crippen MR) is 110 cm³/mol. The van der Waals surface area contributed by atoms with Crippen LogP contribution in [0.4, 0.5) is 0 Å². The molecular formula is C21H35N5O2. The third-order valence-corrected chi connectivity index (χ3v) is 6.41. The van der Waals surface area contributed by atoms with Gasteiger partial charge in [-0.15, -0.1) is 6.58 Å². The highest BCUT2D eigenvalue weighted by atomic mass is 16.4. The largest absolute Gasteiger partial charge is 0.481 e. The van der Waals surface area contributed by atoms with Crippen LogP contribution in [0.2, 0.25) is 0 Å². The van der Waals surface area contributed by atoms with E-state index < -0.39 is 5.97 Å². The molecule has 0 radical (unpaired) electrons. The number of rotatable bonds is 8. The molecule has 2 aliphatic heterocycles. The lowest BCUT2D eigenvalue weighted by Gasteiger charge is -2.46. The second-order valence-corrected chi connectivity index (χ2v) is 8.35. The zero-order chi connectivity index (χ0) is 20.1. The Morgan fingerprint density at radius 3 is 2.75 bits per heavy atom. The first-order valence-corrected chi connectivity index (χ1v) is 10.5. The van der Waals surface area contributed by atoms with Crippen molar-refractivity contribution < 1.29 is 9.90 Å². The van der Waals surface area contributed by atoms with Crippen molar-refractivity contribution in [2.75, 3.05) is 46.3 Å². The number of hydrogen-bond donors (Lipinski definition) is 1. The number of hydrogen-bond acceptors (Lipinski definition) is 5. The second-order valence-electron chi connectivity index (χ2n) is 8.35. The van der Waals surface area contributed by atoms with E-state index in [1.54, 1.807) is 0 Å². The minimum atomic E-state index is -0.684. The fraction of sp³-hybridized carbons (Fsp3) is 0.714. The van der Waals surface area contributed by atoms with E-state index in [0.29, 0.717) is 12.0 Å². The van der Waals surface area contributed by atoms with Crippen LogP contribution in [-0.4, -0.2) is 87.9 Å². The number of aromatic nitrogens is 2. The SMILES string of the molecule is C=CCn1ncc(CN2CC[C@H](N3CCN(C)CC3)[C@H](CCC(=O)O)C2)c1C. The highest BCUT2D eigenvalue weighted by molar-refractivity contribution is 5.66. The highest BCUT2D eigenvalue weighted by Gasteiger charge is 2.34. The summed E-state index contributed by atoms with van der Waals surface area (Å²) in [7, 11) is 2.18. The van der Waals surface area contributed by atoms with Gasteiger partial charge in [-0.05, 0) is 39.3 Å². The molecule has 156 valence electrons. The van der Waals surface area contributed by atoms with Gasteiger partial charge in [0.25, 0.3) is 0 Å². The molecule has 0 spiro atoms. The van der Waals surface area contributed by atoms with Gasteiger partial charge in [0.1, 0.15) is 0 Å². The maximum atomic E-state index is 11.2. The van der Waals surface area contributed by atoms with Gasteiger partial charge in [0.2, 0.25) is 0 Å². The molecule has 2 saturated heterocycles. The van der Waals surface area contributed by atoms with Gasteiger partial charge in [0.15, 0.2) is 0 Å². The number of aliphatic carboxylic acids is 1. The van der Waals surface area contributed by atoms with Crippen molar-refractivity contribution in [2.24, 2.45) is 5.92 Å². The summed E-state index contributed by atoms with van der Waals surface area (Å²) >= 11 is 0. The zero-order valence-corrected chi connectivity index (χ0v) is 17.4. The van der Waals surface area contributed by atoms with Crippen LogP contribution in [0.5, 0.6) is 0 Å². The number of likely N-dealkylation sites (N-methyl/N-ethyl adjacent to an activating group) is 1. The monoisotopic (exact) mass is 389 g/mol. The van der Waals surface area contributed by atoms with Crippen molar-refractivity contribution in [1.82, 2.24) is 24.5 Å². The molecule has 1 aromatic rings. The number of piperazine rings is 1. The fourth-order valence-electron chi connectivity index (χ4n) is 4.65. The number of piperidine rings is 1. The molecule has 0 unspecified atom stereocenters. The molecule has 0 aromatic carbocycles. The smallest absolute Gasteiger partial charge is 0.303 e. The Morgan fingerprint density at radius 1 is 1.32 bits per heavy atom. The Hall–Kier alpha value is -1.70. The van der Waals surface area contributed by atoms with E-state index in [1.807, 2.05) is 17.0 Å². The van der Waals surface area contributed by atoms with Crippen LogP contribution in [0.25, 0.3) is 0 Å². The Morgan fingerprint density at radius 2 is 2.07 bits per heavy atom. The molecule has 3 heterocycles. The van der Waals surface area contributed by atoms with Crippen molar-refractivity contribution in [1.29, 1.82) is 0 Å². The van der Waals surface area contributed by atoms with E-state index in [2.05, 4.69) is 40.3 Å².